The van der Waals surface area contributed by atoms with Crippen molar-refractivity contribution in [3.05, 3.63) is 21.9 Å². The molecule has 0 amide bonds. The molecule has 1 aliphatic rings. The van der Waals surface area contributed by atoms with Crippen LogP contribution in [0.5, 0.6) is 0 Å². The highest BCUT2D eigenvalue weighted by Gasteiger charge is 2.20. The van der Waals surface area contributed by atoms with Crippen molar-refractivity contribution in [2.45, 2.75) is 45.2 Å². The molecule has 1 heterocycles. The van der Waals surface area contributed by atoms with Gasteiger partial charge in [-0.05, 0) is 37.8 Å². The lowest BCUT2D eigenvalue weighted by Crippen LogP contribution is -2.31. The molecule has 1 fully saturated rings. The third-order valence-electron chi connectivity index (χ3n) is 3.48. The van der Waals surface area contributed by atoms with Crippen LogP contribution in [0, 0.1) is 17.2 Å². The Bertz CT molecular complexity index is 372. The van der Waals surface area contributed by atoms with Crippen LogP contribution in [-0.4, -0.2) is 6.04 Å². The van der Waals surface area contributed by atoms with Gasteiger partial charge in [-0.3, -0.25) is 0 Å². The maximum absolute atomic E-state index is 8.74. The molecule has 0 spiro atoms. The molecule has 1 aromatic heterocycles. The van der Waals surface area contributed by atoms with Crippen molar-refractivity contribution in [3.63, 3.8) is 0 Å². The second-order valence-electron chi connectivity index (χ2n) is 4.59. The van der Waals surface area contributed by atoms with Gasteiger partial charge in [0.05, 0.1) is 0 Å². The van der Waals surface area contributed by atoms with E-state index in [9.17, 15) is 0 Å². The van der Waals surface area contributed by atoms with Gasteiger partial charge < -0.3 is 5.32 Å². The van der Waals surface area contributed by atoms with E-state index in [0.29, 0.717) is 6.04 Å². The summed E-state index contributed by atoms with van der Waals surface area (Å²) in [6, 6.07) is 6.75. The van der Waals surface area contributed by atoms with Crippen LogP contribution in [0.25, 0.3) is 0 Å². The highest BCUT2D eigenvalue weighted by Crippen LogP contribution is 2.27. The average Bonchev–Trinajstić information content (AvgIpc) is 2.96. The molecule has 3 heteroatoms. The van der Waals surface area contributed by atoms with Crippen LogP contribution in [-0.2, 0) is 6.54 Å². The molecule has 1 atom stereocenters. The fourth-order valence-corrected chi connectivity index (χ4v) is 3.17. The van der Waals surface area contributed by atoms with E-state index in [0.717, 1.165) is 17.3 Å². The topological polar surface area (TPSA) is 35.8 Å². The first kappa shape index (κ1) is 11.6. The van der Waals surface area contributed by atoms with Crippen molar-refractivity contribution < 1.29 is 0 Å². The highest BCUT2D eigenvalue weighted by atomic mass is 32.1. The van der Waals surface area contributed by atoms with Gasteiger partial charge in [0.15, 0.2) is 0 Å². The summed E-state index contributed by atoms with van der Waals surface area (Å²) in [4.78, 5) is 2.08. The number of hydrogen-bond donors (Lipinski definition) is 1. The molecule has 1 aliphatic carbocycles. The third-order valence-corrected chi connectivity index (χ3v) is 4.47. The number of thiophene rings is 1. The summed E-state index contributed by atoms with van der Waals surface area (Å²) in [5.41, 5.74) is 0. The minimum Gasteiger partial charge on any atom is -0.309 e. The van der Waals surface area contributed by atoms with Crippen LogP contribution in [0.4, 0.5) is 0 Å². The first-order chi connectivity index (χ1) is 7.79. The summed E-state index contributed by atoms with van der Waals surface area (Å²) in [6.45, 7) is 3.19. The van der Waals surface area contributed by atoms with Crippen LogP contribution in [0.2, 0.25) is 0 Å². The summed E-state index contributed by atoms with van der Waals surface area (Å²) in [6.07, 6.45) is 5.55. The van der Waals surface area contributed by atoms with E-state index in [1.54, 1.807) is 11.3 Å². The van der Waals surface area contributed by atoms with Crippen LogP contribution < -0.4 is 5.32 Å². The van der Waals surface area contributed by atoms with Gasteiger partial charge in [0, 0.05) is 17.5 Å². The van der Waals surface area contributed by atoms with Gasteiger partial charge in [-0.25, -0.2) is 0 Å². The third kappa shape index (κ3) is 2.84. The monoisotopic (exact) mass is 234 g/mol. The van der Waals surface area contributed by atoms with Crippen LogP contribution in [0.1, 0.15) is 42.4 Å². The summed E-state index contributed by atoms with van der Waals surface area (Å²) >= 11 is 1.59. The lowest BCUT2D eigenvalue weighted by Gasteiger charge is -2.19. The minimum atomic E-state index is 0.607. The predicted octanol–water partition coefficient (Wildman–Crippen LogP) is 3.29. The summed E-state index contributed by atoms with van der Waals surface area (Å²) in [7, 11) is 0. The molecular formula is C13H18N2S. The van der Waals surface area contributed by atoms with E-state index in [4.69, 9.17) is 5.26 Å². The van der Waals surface area contributed by atoms with Crippen LogP contribution in [0.3, 0.4) is 0 Å². The number of nitriles is 1. The average molecular weight is 234 g/mol. The molecule has 2 nitrogen and oxygen atoms in total. The Balaban J connectivity index is 1.80. The molecule has 1 aromatic rings. The smallest absolute Gasteiger partial charge is 0.110 e. The lowest BCUT2D eigenvalue weighted by atomic mass is 10.00. The lowest BCUT2D eigenvalue weighted by molar-refractivity contribution is 0.381. The SMILES string of the molecule is C[C@@H](NCc1ccc(C#N)s1)C1CCCC1. The quantitative estimate of drug-likeness (QED) is 0.867. The van der Waals surface area contributed by atoms with Crippen LogP contribution in [0.15, 0.2) is 12.1 Å². The highest BCUT2D eigenvalue weighted by molar-refractivity contribution is 7.12. The molecule has 1 N–H and O–H groups in total. The first-order valence-corrected chi connectivity index (χ1v) is 6.83. The molecule has 0 unspecified atom stereocenters. The molecule has 0 radical (unpaired) electrons. The molecule has 16 heavy (non-hydrogen) atoms. The first-order valence-electron chi connectivity index (χ1n) is 6.02. The van der Waals surface area contributed by atoms with Gasteiger partial charge in [0.25, 0.3) is 0 Å². The number of hydrogen-bond acceptors (Lipinski definition) is 3. The Morgan fingerprint density at radius 2 is 2.25 bits per heavy atom. The molecular weight excluding hydrogens is 216 g/mol. The van der Waals surface area contributed by atoms with Crippen molar-refractivity contribution in [1.82, 2.24) is 5.32 Å². The largest absolute Gasteiger partial charge is 0.309 e. The van der Waals surface area contributed by atoms with Gasteiger partial charge in [-0.15, -0.1) is 11.3 Å². The van der Waals surface area contributed by atoms with Crippen molar-refractivity contribution in [1.29, 1.82) is 5.26 Å². The van der Waals surface area contributed by atoms with Crippen molar-refractivity contribution in [3.8, 4) is 6.07 Å². The zero-order valence-electron chi connectivity index (χ0n) is 9.70. The Hall–Kier alpha value is -0.850. The van der Waals surface area contributed by atoms with Crippen LogP contribution >= 0.6 is 11.3 Å². The van der Waals surface area contributed by atoms with E-state index in [2.05, 4.69) is 24.4 Å². The van der Waals surface area contributed by atoms with Gasteiger partial charge in [-0.1, -0.05) is 12.8 Å². The van der Waals surface area contributed by atoms with Crippen molar-refractivity contribution >= 4 is 11.3 Å². The Labute approximate surface area is 101 Å². The normalized spacial score (nSPS) is 18.5. The van der Waals surface area contributed by atoms with Gasteiger partial charge in [-0.2, -0.15) is 5.26 Å². The summed E-state index contributed by atoms with van der Waals surface area (Å²) in [5.74, 6) is 0.857. The van der Waals surface area contributed by atoms with E-state index in [1.165, 1.54) is 30.6 Å². The second-order valence-corrected chi connectivity index (χ2v) is 5.76. The minimum absolute atomic E-state index is 0.607. The van der Waals surface area contributed by atoms with Crippen molar-refractivity contribution in [2.75, 3.05) is 0 Å². The Morgan fingerprint density at radius 3 is 2.88 bits per heavy atom. The fraction of sp³-hybridized carbons (Fsp3) is 0.615. The summed E-state index contributed by atoms with van der Waals surface area (Å²) < 4.78 is 0. The molecule has 0 aromatic carbocycles. The molecule has 0 aliphatic heterocycles. The van der Waals surface area contributed by atoms with Crippen molar-refractivity contribution in [2.24, 2.45) is 5.92 Å². The zero-order chi connectivity index (χ0) is 11.4. The molecule has 2 rings (SSSR count). The molecule has 86 valence electrons. The fourth-order valence-electron chi connectivity index (χ4n) is 2.42. The molecule has 0 bridgehead atoms. The predicted molar refractivity (Wildman–Crippen MR) is 67.3 cm³/mol. The number of rotatable bonds is 4. The van der Waals surface area contributed by atoms with E-state index in [-0.39, 0.29) is 0 Å². The van der Waals surface area contributed by atoms with Gasteiger partial charge in [0.1, 0.15) is 10.9 Å². The zero-order valence-corrected chi connectivity index (χ0v) is 10.5. The van der Waals surface area contributed by atoms with E-state index in [1.807, 2.05) is 6.07 Å². The Kier molecular flexibility index (Phi) is 3.98. The molecule has 1 saturated carbocycles. The molecule has 0 saturated heterocycles. The number of nitrogens with one attached hydrogen (secondary N) is 1. The van der Waals surface area contributed by atoms with Gasteiger partial charge in [0.2, 0.25) is 0 Å². The Morgan fingerprint density at radius 1 is 1.50 bits per heavy atom. The van der Waals surface area contributed by atoms with Gasteiger partial charge >= 0.3 is 0 Å². The van der Waals surface area contributed by atoms with E-state index < -0.39 is 0 Å². The number of nitrogens with zero attached hydrogens (tertiary/aromatic N) is 1. The van der Waals surface area contributed by atoms with E-state index >= 15 is 0 Å². The summed E-state index contributed by atoms with van der Waals surface area (Å²) in [5, 5.41) is 12.3. The second kappa shape index (κ2) is 5.47. The standard InChI is InChI=1S/C13H18N2S/c1-10(11-4-2-3-5-11)15-9-13-7-6-12(8-14)16-13/h6-7,10-11,15H,2-5,9H2,1H3/t10-/m1/s1. The maximum Gasteiger partial charge on any atom is 0.110 e. The maximum atomic E-state index is 8.74.